The summed E-state index contributed by atoms with van der Waals surface area (Å²) in [5, 5.41) is 12.5. The van der Waals surface area contributed by atoms with E-state index in [9.17, 15) is 5.11 Å². The van der Waals surface area contributed by atoms with Gasteiger partial charge in [0.25, 0.3) is 0 Å². The minimum absolute atomic E-state index is 0.207. The van der Waals surface area contributed by atoms with Gasteiger partial charge < -0.3 is 21.9 Å². The molecule has 0 heterocycles. The lowest BCUT2D eigenvalue weighted by atomic mass is 9.99. The van der Waals surface area contributed by atoms with Crippen LogP contribution in [0.3, 0.4) is 0 Å². The summed E-state index contributed by atoms with van der Waals surface area (Å²) in [6, 6.07) is 5.53. The summed E-state index contributed by atoms with van der Waals surface area (Å²) in [6.07, 6.45) is -0.0821. The molecule has 0 aliphatic heterocycles. The first kappa shape index (κ1) is 13.9. The Hall–Kier alpha value is -1.17. The summed E-state index contributed by atoms with van der Waals surface area (Å²) >= 11 is 4.83. The van der Waals surface area contributed by atoms with E-state index in [-0.39, 0.29) is 5.11 Å². The Kier molecular flexibility index (Phi) is 4.86. The van der Waals surface area contributed by atoms with Crippen LogP contribution in [0, 0.1) is 5.92 Å². The first-order chi connectivity index (χ1) is 7.90. The van der Waals surface area contributed by atoms with Crippen molar-refractivity contribution in [3.63, 3.8) is 0 Å². The van der Waals surface area contributed by atoms with Crippen LogP contribution in [0.15, 0.2) is 18.2 Å². The summed E-state index contributed by atoms with van der Waals surface area (Å²) in [6.45, 7) is 4.27. The van der Waals surface area contributed by atoms with Crippen LogP contribution in [0.4, 0.5) is 5.69 Å². The fraction of sp³-hybridized carbons (Fsp3) is 0.417. The molecule has 0 aliphatic carbocycles. The van der Waals surface area contributed by atoms with Gasteiger partial charge in [-0.1, -0.05) is 26.0 Å². The van der Waals surface area contributed by atoms with Crippen molar-refractivity contribution in [3.05, 3.63) is 29.3 Å². The molecule has 0 spiro atoms. The fourth-order valence-electron chi connectivity index (χ4n) is 1.64. The molecular formula is C12H19N3OS. The first-order valence-corrected chi connectivity index (χ1v) is 5.94. The normalized spacial score (nSPS) is 12.5. The molecule has 0 saturated carbocycles. The largest absolute Gasteiger partial charge is 0.376 e. The van der Waals surface area contributed by atoms with Crippen LogP contribution >= 0.6 is 12.2 Å². The number of aliphatic hydroxyl groups excluding tert-OH is 1. The van der Waals surface area contributed by atoms with E-state index in [4.69, 9.17) is 23.7 Å². The topological polar surface area (TPSA) is 84.3 Å². The molecule has 0 bridgehead atoms. The van der Waals surface area contributed by atoms with Crippen molar-refractivity contribution in [3.8, 4) is 0 Å². The lowest BCUT2D eigenvalue weighted by Crippen LogP contribution is -2.20. The van der Waals surface area contributed by atoms with E-state index in [1.54, 1.807) is 6.07 Å². The molecule has 5 heteroatoms. The minimum atomic E-state index is -0.991. The Bertz CT molecular complexity index is 405. The van der Waals surface area contributed by atoms with Crippen LogP contribution in [0.5, 0.6) is 0 Å². The summed E-state index contributed by atoms with van der Waals surface area (Å²) in [7, 11) is 0. The van der Waals surface area contributed by atoms with Crippen LogP contribution in [0.2, 0.25) is 0 Å². The molecule has 0 aromatic heterocycles. The highest BCUT2D eigenvalue weighted by Gasteiger charge is 2.09. The second-order valence-electron chi connectivity index (χ2n) is 4.45. The van der Waals surface area contributed by atoms with Gasteiger partial charge in [0.1, 0.15) is 6.23 Å². The third-order valence-electron chi connectivity index (χ3n) is 2.36. The predicted molar refractivity (Wildman–Crippen MR) is 74.5 cm³/mol. The van der Waals surface area contributed by atoms with Gasteiger partial charge in [0.05, 0.1) is 0 Å². The second-order valence-corrected chi connectivity index (χ2v) is 4.89. The van der Waals surface area contributed by atoms with Gasteiger partial charge in [-0.05, 0) is 41.7 Å². The van der Waals surface area contributed by atoms with E-state index in [0.29, 0.717) is 11.5 Å². The van der Waals surface area contributed by atoms with Crippen molar-refractivity contribution in [1.82, 2.24) is 0 Å². The van der Waals surface area contributed by atoms with Crippen molar-refractivity contribution in [2.45, 2.75) is 26.5 Å². The van der Waals surface area contributed by atoms with Gasteiger partial charge in [-0.15, -0.1) is 0 Å². The number of benzene rings is 1. The molecule has 1 aromatic rings. The van der Waals surface area contributed by atoms with Crippen molar-refractivity contribution in [2.24, 2.45) is 17.4 Å². The SMILES string of the molecule is CC(C)Cc1ccc(C(N)O)cc1NC(N)=S. The molecule has 0 saturated heterocycles. The van der Waals surface area contributed by atoms with Crippen LogP contribution in [-0.2, 0) is 6.42 Å². The number of nitrogens with two attached hydrogens (primary N) is 2. The first-order valence-electron chi connectivity index (χ1n) is 5.53. The van der Waals surface area contributed by atoms with Crippen LogP contribution in [-0.4, -0.2) is 10.2 Å². The van der Waals surface area contributed by atoms with Gasteiger partial charge in [-0.3, -0.25) is 0 Å². The van der Waals surface area contributed by atoms with E-state index in [0.717, 1.165) is 17.7 Å². The molecule has 0 amide bonds. The van der Waals surface area contributed by atoms with Gasteiger partial charge in [0, 0.05) is 5.69 Å². The third-order valence-corrected chi connectivity index (χ3v) is 2.46. The van der Waals surface area contributed by atoms with Gasteiger partial charge >= 0.3 is 0 Å². The second kappa shape index (κ2) is 5.95. The highest BCUT2D eigenvalue weighted by Crippen LogP contribution is 2.23. The Morgan fingerprint density at radius 3 is 2.59 bits per heavy atom. The van der Waals surface area contributed by atoms with Crippen LogP contribution in [0.25, 0.3) is 0 Å². The van der Waals surface area contributed by atoms with E-state index >= 15 is 0 Å². The van der Waals surface area contributed by atoms with Gasteiger partial charge in [-0.25, -0.2) is 0 Å². The Morgan fingerprint density at radius 2 is 2.12 bits per heavy atom. The molecule has 0 fully saturated rings. The standard InChI is InChI=1S/C12H19N3OS/c1-7(2)5-8-3-4-9(11(13)16)6-10(8)15-12(14)17/h3-4,6-7,11,16H,5,13H2,1-2H3,(H3,14,15,17). The van der Waals surface area contributed by atoms with E-state index in [1.165, 1.54) is 0 Å². The third kappa shape index (κ3) is 4.30. The molecule has 1 atom stereocenters. The van der Waals surface area contributed by atoms with Crippen LogP contribution in [0.1, 0.15) is 31.2 Å². The summed E-state index contributed by atoms with van der Waals surface area (Å²) in [4.78, 5) is 0. The molecule has 6 N–H and O–H groups in total. The summed E-state index contributed by atoms with van der Waals surface area (Å²) in [5.41, 5.74) is 13.5. The van der Waals surface area contributed by atoms with Crippen molar-refractivity contribution >= 4 is 23.0 Å². The maximum absolute atomic E-state index is 9.34. The molecule has 0 aliphatic rings. The number of nitrogens with one attached hydrogen (secondary N) is 1. The number of rotatable bonds is 4. The van der Waals surface area contributed by atoms with E-state index in [2.05, 4.69) is 19.2 Å². The fourth-order valence-corrected chi connectivity index (χ4v) is 1.75. The van der Waals surface area contributed by atoms with E-state index in [1.807, 2.05) is 12.1 Å². The zero-order chi connectivity index (χ0) is 13.0. The number of aliphatic hydroxyl groups is 1. The molecule has 1 unspecified atom stereocenters. The molecule has 17 heavy (non-hydrogen) atoms. The Balaban J connectivity index is 3.07. The molecule has 0 radical (unpaired) electrons. The Labute approximate surface area is 107 Å². The molecule has 1 aromatic carbocycles. The maximum atomic E-state index is 9.34. The summed E-state index contributed by atoms with van der Waals surface area (Å²) in [5.74, 6) is 0.524. The molecule has 1 rings (SSSR count). The maximum Gasteiger partial charge on any atom is 0.168 e. The van der Waals surface area contributed by atoms with Crippen molar-refractivity contribution in [2.75, 3.05) is 5.32 Å². The lowest BCUT2D eigenvalue weighted by Gasteiger charge is -2.15. The average molecular weight is 253 g/mol. The van der Waals surface area contributed by atoms with Crippen molar-refractivity contribution < 1.29 is 5.11 Å². The molecular weight excluding hydrogens is 234 g/mol. The number of hydrogen-bond donors (Lipinski definition) is 4. The van der Waals surface area contributed by atoms with Crippen LogP contribution < -0.4 is 16.8 Å². The lowest BCUT2D eigenvalue weighted by molar-refractivity contribution is 0.186. The smallest absolute Gasteiger partial charge is 0.168 e. The van der Waals surface area contributed by atoms with Gasteiger partial charge in [-0.2, -0.15) is 0 Å². The zero-order valence-electron chi connectivity index (χ0n) is 10.1. The van der Waals surface area contributed by atoms with Gasteiger partial charge in [0.15, 0.2) is 5.11 Å². The number of anilines is 1. The highest BCUT2D eigenvalue weighted by atomic mass is 32.1. The number of hydrogen-bond acceptors (Lipinski definition) is 3. The summed E-state index contributed by atoms with van der Waals surface area (Å²) < 4.78 is 0. The minimum Gasteiger partial charge on any atom is -0.376 e. The quantitative estimate of drug-likeness (QED) is 0.482. The molecule has 4 nitrogen and oxygen atoms in total. The average Bonchev–Trinajstić information content (AvgIpc) is 2.18. The Morgan fingerprint density at radius 1 is 1.47 bits per heavy atom. The molecule has 94 valence electrons. The number of thiocarbonyl (C=S) groups is 1. The zero-order valence-corrected chi connectivity index (χ0v) is 10.9. The predicted octanol–water partition coefficient (Wildman–Crippen LogP) is 1.49. The van der Waals surface area contributed by atoms with Gasteiger partial charge in [0.2, 0.25) is 0 Å². The van der Waals surface area contributed by atoms with Crippen molar-refractivity contribution in [1.29, 1.82) is 0 Å². The monoisotopic (exact) mass is 253 g/mol. The highest BCUT2D eigenvalue weighted by molar-refractivity contribution is 7.80. The van der Waals surface area contributed by atoms with E-state index < -0.39 is 6.23 Å².